The van der Waals surface area contributed by atoms with Gasteiger partial charge in [-0.1, -0.05) is 24.6 Å². The largest absolute Gasteiger partial charge is 0.369 e. The molecular formula is C17H22N6O2S. The summed E-state index contributed by atoms with van der Waals surface area (Å²) in [6, 6.07) is 6.74. The maximum atomic E-state index is 12.3. The number of hydrogen-bond donors (Lipinski definition) is 2. The number of hydrogen-bond acceptors (Lipinski definition) is 6. The Balaban J connectivity index is 1.69. The van der Waals surface area contributed by atoms with Crippen LogP contribution in [0.2, 0.25) is 0 Å². The molecule has 1 aromatic carbocycles. The van der Waals surface area contributed by atoms with E-state index in [1.54, 1.807) is 35.1 Å². The molecule has 0 saturated heterocycles. The molecule has 9 heteroatoms. The number of aryl methyl sites for hydroxylation is 1. The molecule has 0 saturated carbocycles. The van der Waals surface area contributed by atoms with Crippen molar-refractivity contribution < 1.29 is 8.42 Å². The summed E-state index contributed by atoms with van der Waals surface area (Å²) in [6.07, 6.45) is 4.16. The molecule has 8 nitrogen and oxygen atoms in total. The quantitative estimate of drug-likeness (QED) is 0.625. The molecule has 0 aliphatic carbocycles. The van der Waals surface area contributed by atoms with Crippen molar-refractivity contribution in [2.24, 2.45) is 0 Å². The summed E-state index contributed by atoms with van der Waals surface area (Å²) in [4.78, 5) is 8.75. The summed E-state index contributed by atoms with van der Waals surface area (Å²) in [5.74, 6) is 0.739. The number of benzene rings is 1. The van der Waals surface area contributed by atoms with Crippen LogP contribution < -0.4 is 10.0 Å². The van der Waals surface area contributed by atoms with Crippen molar-refractivity contribution in [3.8, 4) is 0 Å². The Morgan fingerprint density at radius 1 is 1.12 bits per heavy atom. The second-order valence-corrected chi connectivity index (χ2v) is 7.73. The number of nitrogens with one attached hydrogen (secondary N) is 2. The second-order valence-electron chi connectivity index (χ2n) is 5.96. The minimum Gasteiger partial charge on any atom is -0.369 e. The fraction of sp³-hybridized carbons (Fsp3) is 0.353. The Hall–Kier alpha value is -2.52. The lowest BCUT2D eigenvalue weighted by atomic mass is 10.2. The number of nitrogens with zero attached hydrogens (tertiary/aromatic N) is 4. The van der Waals surface area contributed by atoms with E-state index >= 15 is 0 Å². The third kappa shape index (κ3) is 4.00. The molecule has 0 spiro atoms. The first-order chi connectivity index (χ1) is 12.5. The Kier molecular flexibility index (Phi) is 5.48. The van der Waals surface area contributed by atoms with E-state index in [0.29, 0.717) is 12.2 Å². The van der Waals surface area contributed by atoms with Crippen LogP contribution in [-0.2, 0) is 16.6 Å². The normalized spacial score (nSPS) is 11.8. The SMILES string of the molecule is CCCNc1ncnc2c1cnn2CCNS(=O)(=O)c1ccc(C)cc1. The van der Waals surface area contributed by atoms with E-state index in [4.69, 9.17) is 0 Å². The standard InChI is InChI=1S/C17H22N6O2S/c1-3-8-18-16-15-11-21-23(17(15)20-12-19-16)10-9-22-26(24,25)14-6-4-13(2)5-7-14/h4-7,11-12,22H,3,8-10H2,1-2H3,(H,18,19,20). The van der Waals surface area contributed by atoms with Crippen LogP contribution in [0.25, 0.3) is 11.0 Å². The van der Waals surface area contributed by atoms with Crippen LogP contribution in [0.3, 0.4) is 0 Å². The van der Waals surface area contributed by atoms with Gasteiger partial charge < -0.3 is 5.32 Å². The summed E-state index contributed by atoms with van der Waals surface area (Å²) in [5.41, 5.74) is 1.69. The van der Waals surface area contributed by atoms with E-state index in [0.717, 1.165) is 29.7 Å². The predicted molar refractivity (Wildman–Crippen MR) is 100 cm³/mol. The van der Waals surface area contributed by atoms with Gasteiger partial charge in [0.25, 0.3) is 0 Å². The van der Waals surface area contributed by atoms with Crippen molar-refractivity contribution in [3.05, 3.63) is 42.4 Å². The van der Waals surface area contributed by atoms with Crippen LogP contribution in [0.1, 0.15) is 18.9 Å². The van der Waals surface area contributed by atoms with Gasteiger partial charge in [0.15, 0.2) is 5.65 Å². The maximum Gasteiger partial charge on any atom is 0.240 e. The summed E-state index contributed by atoms with van der Waals surface area (Å²) >= 11 is 0. The van der Waals surface area contributed by atoms with Crippen molar-refractivity contribution in [3.63, 3.8) is 0 Å². The molecule has 3 rings (SSSR count). The monoisotopic (exact) mass is 374 g/mol. The highest BCUT2D eigenvalue weighted by molar-refractivity contribution is 7.89. The third-order valence-electron chi connectivity index (χ3n) is 3.92. The van der Waals surface area contributed by atoms with E-state index in [1.165, 1.54) is 6.33 Å². The highest BCUT2D eigenvalue weighted by atomic mass is 32.2. The Morgan fingerprint density at radius 3 is 2.62 bits per heavy atom. The number of sulfonamides is 1. The van der Waals surface area contributed by atoms with Gasteiger partial charge in [0, 0.05) is 13.1 Å². The van der Waals surface area contributed by atoms with E-state index in [9.17, 15) is 8.42 Å². The van der Waals surface area contributed by atoms with Crippen LogP contribution in [-0.4, -0.2) is 41.3 Å². The van der Waals surface area contributed by atoms with Gasteiger partial charge in [-0.05, 0) is 25.5 Å². The summed E-state index contributed by atoms with van der Waals surface area (Å²) < 4.78 is 28.9. The predicted octanol–water partition coefficient (Wildman–Crippen LogP) is 1.94. The fourth-order valence-electron chi connectivity index (χ4n) is 2.53. The third-order valence-corrected chi connectivity index (χ3v) is 5.40. The van der Waals surface area contributed by atoms with Crippen molar-refractivity contribution >= 4 is 26.9 Å². The van der Waals surface area contributed by atoms with Crippen molar-refractivity contribution in [2.45, 2.75) is 31.7 Å². The lowest BCUT2D eigenvalue weighted by Crippen LogP contribution is -2.27. The molecular weight excluding hydrogens is 352 g/mol. The van der Waals surface area contributed by atoms with Crippen LogP contribution in [0.5, 0.6) is 0 Å². The molecule has 0 aliphatic rings. The molecule has 0 atom stereocenters. The first kappa shape index (κ1) is 18.3. The molecule has 0 amide bonds. The first-order valence-electron chi connectivity index (χ1n) is 8.48. The molecule has 2 heterocycles. The van der Waals surface area contributed by atoms with Gasteiger partial charge in [0.05, 0.1) is 23.0 Å². The zero-order chi connectivity index (χ0) is 18.6. The molecule has 0 bridgehead atoms. The van der Waals surface area contributed by atoms with Crippen LogP contribution in [0.15, 0.2) is 41.7 Å². The van der Waals surface area contributed by atoms with E-state index < -0.39 is 10.0 Å². The number of anilines is 1. The van der Waals surface area contributed by atoms with Gasteiger partial charge in [0.2, 0.25) is 10.0 Å². The highest BCUT2D eigenvalue weighted by Gasteiger charge is 2.14. The Morgan fingerprint density at radius 2 is 1.88 bits per heavy atom. The lowest BCUT2D eigenvalue weighted by Gasteiger charge is -2.08. The summed E-state index contributed by atoms with van der Waals surface area (Å²) in [6.45, 7) is 5.40. The molecule has 0 radical (unpaired) electrons. The van der Waals surface area contributed by atoms with Crippen molar-refractivity contribution in [1.29, 1.82) is 0 Å². The lowest BCUT2D eigenvalue weighted by molar-refractivity contribution is 0.564. The highest BCUT2D eigenvalue weighted by Crippen LogP contribution is 2.18. The average Bonchev–Trinajstić information content (AvgIpc) is 3.04. The fourth-order valence-corrected chi connectivity index (χ4v) is 3.55. The van der Waals surface area contributed by atoms with Gasteiger partial charge in [-0.15, -0.1) is 0 Å². The van der Waals surface area contributed by atoms with Gasteiger partial charge in [-0.25, -0.2) is 27.8 Å². The van der Waals surface area contributed by atoms with Crippen LogP contribution in [0, 0.1) is 6.92 Å². The molecule has 26 heavy (non-hydrogen) atoms. The van der Waals surface area contributed by atoms with Crippen molar-refractivity contribution in [1.82, 2.24) is 24.5 Å². The smallest absolute Gasteiger partial charge is 0.240 e. The molecule has 0 aliphatic heterocycles. The van der Waals surface area contributed by atoms with E-state index in [1.807, 2.05) is 6.92 Å². The number of aromatic nitrogens is 4. The second kappa shape index (κ2) is 7.79. The molecule has 0 fully saturated rings. The van der Waals surface area contributed by atoms with Gasteiger partial charge in [-0.2, -0.15) is 5.10 Å². The summed E-state index contributed by atoms with van der Waals surface area (Å²) in [5, 5.41) is 8.37. The molecule has 2 N–H and O–H groups in total. The minimum atomic E-state index is -3.54. The van der Waals surface area contributed by atoms with E-state index in [2.05, 4.69) is 32.0 Å². The topological polar surface area (TPSA) is 102 Å². The first-order valence-corrected chi connectivity index (χ1v) is 9.96. The zero-order valence-electron chi connectivity index (χ0n) is 14.8. The van der Waals surface area contributed by atoms with Gasteiger partial charge >= 0.3 is 0 Å². The van der Waals surface area contributed by atoms with Gasteiger partial charge in [0.1, 0.15) is 12.1 Å². The maximum absolute atomic E-state index is 12.3. The number of rotatable bonds is 8. The Labute approximate surface area is 152 Å². The number of fused-ring (bicyclic) bond motifs is 1. The average molecular weight is 374 g/mol. The van der Waals surface area contributed by atoms with Crippen LogP contribution in [0.4, 0.5) is 5.82 Å². The van der Waals surface area contributed by atoms with Gasteiger partial charge in [-0.3, -0.25) is 0 Å². The van der Waals surface area contributed by atoms with Crippen LogP contribution >= 0.6 is 0 Å². The zero-order valence-corrected chi connectivity index (χ0v) is 15.6. The molecule has 2 aromatic heterocycles. The molecule has 138 valence electrons. The minimum absolute atomic E-state index is 0.217. The van der Waals surface area contributed by atoms with E-state index in [-0.39, 0.29) is 11.4 Å². The molecule has 3 aromatic rings. The Bertz CT molecular complexity index is 982. The summed E-state index contributed by atoms with van der Waals surface area (Å²) in [7, 11) is -3.54. The molecule has 0 unspecified atom stereocenters. The van der Waals surface area contributed by atoms with Crippen molar-refractivity contribution in [2.75, 3.05) is 18.4 Å².